The number of rotatable bonds is 2. The molecule has 0 aromatic heterocycles. The Hall–Kier alpha value is -0.770. The van der Waals surface area contributed by atoms with E-state index in [1.54, 1.807) is 7.11 Å². The monoisotopic (exact) mass is 254 g/mol. The number of benzene rings is 1. The zero-order chi connectivity index (χ0) is 12.5. The summed E-state index contributed by atoms with van der Waals surface area (Å²) in [5.74, 6) is 0.702. The lowest BCUT2D eigenvalue weighted by atomic mass is 9.82. The van der Waals surface area contributed by atoms with Gasteiger partial charge in [-0.25, -0.2) is 0 Å². The number of methoxy groups -OCH3 is 1. The number of hydrogen-bond acceptors (Lipinski definition) is 3. The largest absolute Gasteiger partial charge is 0.495 e. The van der Waals surface area contributed by atoms with Gasteiger partial charge in [0.1, 0.15) is 5.75 Å². The van der Waals surface area contributed by atoms with Gasteiger partial charge in [-0.1, -0.05) is 17.7 Å². The molecule has 1 aliphatic rings. The van der Waals surface area contributed by atoms with E-state index in [2.05, 4.69) is 11.9 Å². The summed E-state index contributed by atoms with van der Waals surface area (Å²) in [6, 6.07) is 5.84. The van der Waals surface area contributed by atoms with Crippen LogP contribution < -0.4 is 10.5 Å². The number of halogens is 1. The molecule has 2 N–H and O–H groups in total. The van der Waals surface area contributed by atoms with Gasteiger partial charge in [-0.15, -0.1) is 0 Å². The molecule has 1 aromatic carbocycles. The van der Waals surface area contributed by atoms with Crippen molar-refractivity contribution in [1.29, 1.82) is 0 Å². The van der Waals surface area contributed by atoms with Crippen LogP contribution in [-0.4, -0.2) is 32.1 Å². The van der Waals surface area contributed by atoms with E-state index in [4.69, 9.17) is 22.1 Å². The van der Waals surface area contributed by atoms with E-state index in [0.29, 0.717) is 10.8 Å². The second-order valence-electron chi connectivity index (χ2n) is 4.81. The van der Waals surface area contributed by atoms with Gasteiger partial charge in [0.25, 0.3) is 0 Å². The molecule has 1 aliphatic heterocycles. The molecule has 0 amide bonds. The maximum Gasteiger partial charge on any atom is 0.137 e. The summed E-state index contributed by atoms with van der Waals surface area (Å²) < 4.78 is 5.24. The molecule has 0 atom stereocenters. The molecule has 1 aromatic rings. The van der Waals surface area contributed by atoms with Crippen molar-refractivity contribution in [2.24, 2.45) is 5.73 Å². The number of piperidine rings is 1. The Bertz CT molecular complexity index is 400. The fraction of sp³-hybridized carbons (Fsp3) is 0.538. The molecule has 4 heteroatoms. The second kappa shape index (κ2) is 4.84. The predicted molar refractivity (Wildman–Crippen MR) is 70.6 cm³/mol. The Kier molecular flexibility index (Phi) is 3.61. The SMILES string of the molecule is COc1cc(C2(N)CCN(C)CC2)ccc1Cl. The summed E-state index contributed by atoms with van der Waals surface area (Å²) in [5.41, 5.74) is 7.36. The zero-order valence-electron chi connectivity index (χ0n) is 10.4. The molecule has 2 rings (SSSR count). The molecule has 0 radical (unpaired) electrons. The van der Waals surface area contributed by atoms with Crippen LogP contribution in [0.3, 0.4) is 0 Å². The van der Waals surface area contributed by atoms with E-state index >= 15 is 0 Å². The van der Waals surface area contributed by atoms with Gasteiger partial charge in [0.15, 0.2) is 0 Å². The smallest absolute Gasteiger partial charge is 0.137 e. The molecule has 0 spiro atoms. The van der Waals surface area contributed by atoms with Gasteiger partial charge in [0.2, 0.25) is 0 Å². The first-order valence-electron chi connectivity index (χ1n) is 5.86. The molecule has 0 unspecified atom stereocenters. The van der Waals surface area contributed by atoms with Crippen LogP contribution in [0.2, 0.25) is 5.02 Å². The van der Waals surface area contributed by atoms with Gasteiger partial charge in [-0.3, -0.25) is 0 Å². The van der Waals surface area contributed by atoms with Crippen molar-refractivity contribution in [3.05, 3.63) is 28.8 Å². The number of hydrogen-bond donors (Lipinski definition) is 1. The summed E-state index contributed by atoms with van der Waals surface area (Å²) in [5, 5.41) is 0.632. The van der Waals surface area contributed by atoms with Crippen LogP contribution in [0, 0.1) is 0 Å². The number of likely N-dealkylation sites (tertiary alicyclic amines) is 1. The van der Waals surface area contributed by atoms with Crippen molar-refractivity contribution in [3.63, 3.8) is 0 Å². The normalized spacial score (nSPS) is 20.2. The van der Waals surface area contributed by atoms with E-state index in [-0.39, 0.29) is 5.54 Å². The zero-order valence-corrected chi connectivity index (χ0v) is 11.1. The van der Waals surface area contributed by atoms with Crippen LogP contribution in [0.15, 0.2) is 18.2 Å². The minimum absolute atomic E-state index is 0.246. The van der Waals surface area contributed by atoms with Crippen molar-refractivity contribution in [3.8, 4) is 5.75 Å². The van der Waals surface area contributed by atoms with Crippen LogP contribution in [0.1, 0.15) is 18.4 Å². The molecule has 3 nitrogen and oxygen atoms in total. The lowest BCUT2D eigenvalue weighted by Gasteiger charge is -2.38. The Labute approximate surface area is 107 Å². The summed E-state index contributed by atoms with van der Waals surface area (Å²) in [7, 11) is 3.75. The van der Waals surface area contributed by atoms with Crippen LogP contribution in [0.4, 0.5) is 0 Å². The van der Waals surface area contributed by atoms with Gasteiger partial charge >= 0.3 is 0 Å². The van der Waals surface area contributed by atoms with Crippen LogP contribution in [0.5, 0.6) is 5.75 Å². The van der Waals surface area contributed by atoms with Crippen molar-refractivity contribution in [2.45, 2.75) is 18.4 Å². The third-order valence-electron chi connectivity index (χ3n) is 3.61. The maximum atomic E-state index is 6.49. The topological polar surface area (TPSA) is 38.5 Å². The molecule has 17 heavy (non-hydrogen) atoms. The first kappa shape index (κ1) is 12.7. The molecule has 1 saturated heterocycles. The van der Waals surface area contributed by atoms with Gasteiger partial charge in [-0.05, 0) is 50.7 Å². The standard InChI is InChI=1S/C13H19ClN2O/c1-16-7-5-13(15,6-8-16)10-3-4-11(14)12(9-10)17-2/h3-4,9H,5-8,15H2,1-2H3. The third-order valence-corrected chi connectivity index (χ3v) is 3.92. The maximum absolute atomic E-state index is 6.49. The summed E-state index contributed by atoms with van der Waals surface area (Å²) in [4.78, 5) is 2.30. The number of nitrogens with two attached hydrogens (primary N) is 1. The second-order valence-corrected chi connectivity index (χ2v) is 5.22. The highest BCUT2D eigenvalue weighted by Gasteiger charge is 2.31. The number of nitrogens with zero attached hydrogens (tertiary/aromatic N) is 1. The molecule has 0 bridgehead atoms. The highest BCUT2D eigenvalue weighted by atomic mass is 35.5. The molecule has 94 valence electrons. The van der Waals surface area contributed by atoms with Crippen LogP contribution >= 0.6 is 11.6 Å². The summed E-state index contributed by atoms with van der Waals surface area (Å²) >= 11 is 6.03. The first-order valence-corrected chi connectivity index (χ1v) is 6.24. The number of ether oxygens (including phenoxy) is 1. The molecule has 1 heterocycles. The van der Waals surface area contributed by atoms with Crippen molar-refractivity contribution < 1.29 is 4.74 Å². The first-order chi connectivity index (χ1) is 8.05. The fourth-order valence-electron chi connectivity index (χ4n) is 2.28. The quantitative estimate of drug-likeness (QED) is 0.880. The highest BCUT2D eigenvalue weighted by Crippen LogP contribution is 2.34. The highest BCUT2D eigenvalue weighted by molar-refractivity contribution is 6.32. The minimum Gasteiger partial charge on any atom is -0.495 e. The minimum atomic E-state index is -0.246. The van der Waals surface area contributed by atoms with E-state index < -0.39 is 0 Å². The van der Waals surface area contributed by atoms with E-state index in [1.807, 2.05) is 18.2 Å². The lowest BCUT2D eigenvalue weighted by Crippen LogP contribution is -2.46. The molecule has 1 fully saturated rings. The molecular formula is C13H19ClN2O. The van der Waals surface area contributed by atoms with E-state index in [1.165, 1.54) is 0 Å². The predicted octanol–water partition coefficient (Wildman–Crippen LogP) is 2.23. The Balaban J connectivity index is 2.27. The Morgan fingerprint density at radius 2 is 2.00 bits per heavy atom. The fourth-order valence-corrected chi connectivity index (χ4v) is 2.47. The van der Waals surface area contributed by atoms with Crippen molar-refractivity contribution >= 4 is 11.6 Å². The average Bonchev–Trinajstić information content (AvgIpc) is 2.34. The van der Waals surface area contributed by atoms with Gasteiger partial charge in [-0.2, -0.15) is 0 Å². The van der Waals surface area contributed by atoms with E-state index in [0.717, 1.165) is 31.5 Å². The van der Waals surface area contributed by atoms with Crippen LogP contribution in [0.25, 0.3) is 0 Å². The Morgan fingerprint density at radius 3 is 2.59 bits per heavy atom. The van der Waals surface area contributed by atoms with Crippen molar-refractivity contribution in [2.75, 3.05) is 27.2 Å². The summed E-state index contributed by atoms with van der Waals surface area (Å²) in [6.45, 7) is 2.06. The van der Waals surface area contributed by atoms with E-state index in [9.17, 15) is 0 Å². The van der Waals surface area contributed by atoms with Crippen LogP contribution in [-0.2, 0) is 5.54 Å². The third kappa shape index (κ3) is 2.57. The van der Waals surface area contributed by atoms with Crippen molar-refractivity contribution in [1.82, 2.24) is 4.90 Å². The summed E-state index contributed by atoms with van der Waals surface area (Å²) in [6.07, 6.45) is 1.93. The Morgan fingerprint density at radius 1 is 1.35 bits per heavy atom. The molecule has 0 aliphatic carbocycles. The average molecular weight is 255 g/mol. The van der Waals surface area contributed by atoms with Gasteiger partial charge in [0.05, 0.1) is 12.1 Å². The molecular weight excluding hydrogens is 236 g/mol. The van der Waals surface area contributed by atoms with Gasteiger partial charge < -0.3 is 15.4 Å². The van der Waals surface area contributed by atoms with Gasteiger partial charge in [0, 0.05) is 5.54 Å². The molecule has 0 saturated carbocycles. The lowest BCUT2D eigenvalue weighted by molar-refractivity contribution is 0.191.